The van der Waals surface area contributed by atoms with Crippen LogP contribution in [0.15, 0.2) is 0 Å². The SMILES string of the molecule is CCCCCCCCCCCCCCCC[NH+](C)CCCS(=O)(=O)[O-]. The summed E-state index contributed by atoms with van der Waals surface area (Å²) in [6, 6.07) is 0. The fourth-order valence-electron chi connectivity index (χ4n) is 3.30. The van der Waals surface area contributed by atoms with Gasteiger partial charge in [-0.2, -0.15) is 0 Å². The van der Waals surface area contributed by atoms with Crippen molar-refractivity contribution in [2.24, 2.45) is 0 Å². The Bertz CT molecular complexity index is 371. The molecule has 0 aliphatic rings. The first-order valence-electron chi connectivity index (χ1n) is 10.7. The zero-order valence-electron chi connectivity index (χ0n) is 16.9. The van der Waals surface area contributed by atoms with Gasteiger partial charge in [0, 0.05) is 12.2 Å². The smallest absolute Gasteiger partial charge is 0.0948 e. The lowest BCUT2D eigenvalue weighted by atomic mass is 10.0. The molecule has 0 aromatic carbocycles. The lowest BCUT2D eigenvalue weighted by Gasteiger charge is -2.14. The molecule has 0 saturated carbocycles. The van der Waals surface area contributed by atoms with Crippen LogP contribution < -0.4 is 4.90 Å². The van der Waals surface area contributed by atoms with Crippen LogP contribution in [0.4, 0.5) is 0 Å². The van der Waals surface area contributed by atoms with Crippen LogP contribution in [0, 0.1) is 0 Å². The van der Waals surface area contributed by atoms with E-state index in [4.69, 9.17) is 0 Å². The molecule has 0 heterocycles. The third-order valence-corrected chi connectivity index (χ3v) is 5.74. The minimum absolute atomic E-state index is 0.219. The molecule has 0 spiro atoms. The van der Waals surface area contributed by atoms with Gasteiger partial charge >= 0.3 is 0 Å². The quantitative estimate of drug-likeness (QED) is 0.274. The van der Waals surface area contributed by atoms with Gasteiger partial charge in [-0.05, 0) is 12.8 Å². The van der Waals surface area contributed by atoms with Crippen molar-refractivity contribution >= 4 is 10.1 Å². The first-order chi connectivity index (χ1) is 12.0. The Kier molecular flexibility index (Phi) is 17.2. The van der Waals surface area contributed by atoms with Gasteiger partial charge in [0.15, 0.2) is 0 Å². The van der Waals surface area contributed by atoms with Gasteiger partial charge < -0.3 is 9.45 Å². The fraction of sp³-hybridized carbons (Fsp3) is 1.00. The highest BCUT2D eigenvalue weighted by molar-refractivity contribution is 7.85. The molecule has 0 aliphatic carbocycles. The molecule has 5 heteroatoms. The standard InChI is InChI=1S/C20H43NO3S/c1-3-4-5-6-7-8-9-10-11-12-13-14-15-16-18-21(2)19-17-20-25(22,23)24/h3-20H2,1-2H3,(H,22,23,24). The molecule has 0 amide bonds. The summed E-state index contributed by atoms with van der Waals surface area (Å²) in [4.78, 5) is 1.34. The van der Waals surface area contributed by atoms with Crippen molar-refractivity contribution in [2.75, 3.05) is 25.9 Å². The molecule has 0 fully saturated rings. The van der Waals surface area contributed by atoms with E-state index >= 15 is 0 Å². The van der Waals surface area contributed by atoms with Gasteiger partial charge in [0.1, 0.15) is 0 Å². The predicted molar refractivity (Wildman–Crippen MR) is 106 cm³/mol. The number of hydrogen-bond acceptors (Lipinski definition) is 3. The molecule has 0 bridgehead atoms. The third kappa shape index (κ3) is 21.8. The zero-order chi connectivity index (χ0) is 18.8. The van der Waals surface area contributed by atoms with Crippen molar-refractivity contribution in [1.82, 2.24) is 0 Å². The molecule has 4 nitrogen and oxygen atoms in total. The molecule has 0 rings (SSSR count). The Balaban J connectivity index is 3.18. The van der Waals surface area contributed by atoms with Crippen molar-refractivity contribution in [3.05, 3.63) is 0 Å². The van der Waals surface area contributed by atoms with E-state index in [-0.39, 0.29) is 5.75 Å². The average Bonchev–Trinajstić information content (AvgIpc) is 2.54. The van der Waals surface area contributed by atoms with Gasteiger partial charge in [-0.1, -0.05) is 84.0 Å². The maximum atomic E-state index is 10.5. The van der Waals surface area contributed by atoms with Crippen LogP contribution in [0.3, 0.4) is 0 Å². The number of rotatable bonds is 19. The van der Waals surface area contributed by atoms with Gasteiger partial charge in [0.2, 0.25) is 0 Å². The Morgan fingerprint density at radius 1 is 0.640 bits per heavy atom. The fourth-order valence-corrected chi connectivity index (χ4v) is 3.79. The van der Waals surface area contributed by atoms with E-state index in [0.29, 0.717) is 6.42 Å². The topological polar surface area (TPSA) is 61.6 Å². The van der Waals surface area contributed by atoms with Gasteiger partial charge in [0.05, 0.1) is 30.3 Å². The Morgan fingerprint density at radius 3 is 1.40 bits per heavy atom. The highest BCUT2D eigenvalue weighted by Gasteiger charge is 2.03. The summed E-state index contributed by atoms with van der Waals surface area (Å²) < 4.78 is 31.6. The number of unbranched alkanes of at least 4 members (excludes halogenated alkanes) is 13. The molecular formula is C20H43NO3S. The Hall–Kier alpha value is -0.130. The van der Waals surface area contributed by atoms with E-state index in [2.05, 4.69) is 14.0 Å². The van der Waals surface area contributed by atoms with Gasteiger partial charge in [-0.3, -0.25) is 0 Å². The van der Waals surface area contributed by atoms with Crippen LogP contribution in [0.1, 0.15) is 103 Å². The second kappa shape index (κ2) is 17.3. The van der Waals surface area contributed by atoms with E-state index in [9.17, 15) is 13.0 Å². The highest BCUT2D eigenvalue weighted by Crippen LogP contribution is 2.12. The largest absolute Gasteiger partial charge is 0.748 e. The van der Waals surface area contributed by atoms with E-state index < -0.39 is 10.1 Å². The molecule has 152 valence electrons. The third-order valence-electron chi connectivity index (χ3n) is 4.95. The molecule has 1 N–H and O–H groups in total. The van der Waals surface area contributed by atoms with Crippen LogP contribution in [0.5, 0.6) is 0 Å². The van der Waals surface area contributed by atoms with E-state index in [1.54, 1.807) is 0 Å². The normalized spacial score (nSPS) is 13.2. The van der Waals surface area contributed by atoms with Crippen LogP contribution in [0.25, 0.3) is 0 Å². The first kappa shape index (κ1) is 24.9. The molecular weight excluding hydrogens is 334 g/mol. The van der Waals surface area contributed by atoms with Gasteiger partial charge in [-0.25, -0.2) is 8.42 Å². The number of nitrogens with one attached hydrogen (secondary N) is 1. The molecule has 0 aromatic heterocycles. The minimum Gasteiger partial charge on any atom is -0.748 e. The Morgan fingerprint density at radius 2 is 1.00 bits per heavy atom. The van der Waals surface area contributed by atoms with Crippen molar-refractivity contribution in [3.8, 4) is 0 Å². The summed E-state index contributed by atoms with van der Waals surface area (Å²) in [7, 11) is -1.95. The number of quaternary nitrogens is 1. The van der Waals surface area contributed by atoms with Crippen LogP contribution in [-0.2, 0) is 10.1 Å². The second-order valence-electron chi connectivity index (χ2n) is 7.67. The summed E-state index contributed by atoms with van der Waals surface area (Å²) in [6.07, 6.45) is 19.7. The van der Waals surface area contributed by atoms with Crippen molar-refractivity contribution in [2.45, 2.75) is 103 Å². The zero-order valence-corrected chi connectivity index (χ0v) is 17.7. The summed E-state index contributed by atoms with van der Waals surface area (Å²) in [6.45, 7) is 4.13. The first-order valence-corrected chi connectivity index (χ1v) is 12.3. The summed E-state index contributed by atoms with van der Waals surface area (Å²) in [5.41, 5.74) is 0. The van der Waals surface area contributed by atoms with Gasteiger partial charge in [0.25, 0.3) is 0 Å². The lowest BCUT2D eigenvalue weighted by molar-refractivity contribution is -0.879. The monoisotopic (exact) mass is 377 g/mol. The van der Waals surface area contributed by atoms with Crippen molar-refractivity contribution in [3.63, 3.8) is 0 Å². The Labute approximate surface area is 157 Å². The maximum absolute atomic E-state index is 10.5. The molecule has 0 radical (unpaired) electrons. The van der Waals surface area contributed by atoms with Crippen molar-refractivity contribution in [1.29, 1.82) is 0 Å². The number of hydrogen-bond donors (Lipinski definition) is 1. The van der Waals surface area contributed by atoms with Crippen LogP contribution >= 0.6 is 0 Å². The summed E-state index contributed by atoms with van der Waals surface area (Å²) in [5.74, 6) is -0.219. The molecule has 0 aromatic rings. The van der Waals surface area contributed by atoms with E-state index in [0.717, 1.165) is 13.1 Å². The highest BCUT2D eigenvalue weighted by atomic mass is 32.2. The van der Waals surface area contributed by atoms with E-state index in [1.807, 2.05) is 0 Å². The summed E-state index contributed by atoms with van der Waals surface area (Å²) in [5, 5.41) is 0. The average molecular weight is 378 g/mol. The lowest BCUT2D eigenvalue weighted by Crippen LogP contribution is -3.09. The van der Waals surface area contributed by atoms with Crippen LogP contribution in [0.2, 0.25) is 0 Å². The van der Waals surface area contributed by atoms with Crippen LogP contribution in [-0.4, -0.2) is 38.9 Å². The predicted octanol–water partition coefficient (Wildman–Crippen LogP) is 3.92. The molecule has 0 aliphatic heterocycles. The van der Waals surface area contributed by atoms with E-state index in [1.165, 1.54) is 94.8 Å². The molecule has 0 saturated heterocycles. The van der Waals surface area contributed by atoms with Crippen molar-refractivity contribution < 1.29 is 17.9 Å². The molecule has 1 atom stereocenters. The second-order valence-corrected chi connectivity index (χ2v) is 9.19. The summed E-state index contributed by atoms with van der Waals surface area (Å²) >= 11 is 0. The maximum Gasteiger partial charge on any atom is 0.0948 e. The minimum atomic E-state index is -4.03. The molecule has 1 unspecified atom stereocenters. The van der Waals surface area contributed by atoms with Gasteiger partial charge in [-0.15, -0.1) is 0 Å². The molecule has 25 heavy (non-hydrogen) atoms.